The number of hydrogen-bond acceptors (Lipinski definition) is 3. The third kappa shape index (κ3) is 4.47. The Hall–Kier alpha value is -1.10. The third-order valence-corrected chi connectivity index (χ3v) is 4.04. The van der Waals surface area contributed by atoms with Gasteiger partial charge in [-0.05, 0) is 37.5 Å². The number of nitrogens with zero attached hydrogens (tertiary/aromatic N) is 1. The first-order valence-corrected chi connectivity index (χ1v) is 7.44. The van der Waals surface area contributed by atoms with Crippen molar-refractivity contribution in [3.63, 3.8) is 0 Å². The lowest BCUT2D eigenvalue weighted by atomic mass is 10.0. The molecule has 1 saturated heterocycles. The summed E-state index contributed by atoms with van der Waals surface area (Å²) in [5, 5.41) is 4.41. The van der Waals surface area contributed by atoms with E-state index in [1.165, 1.54) is 5.56 Å². The van der Waals surface area contributed by atoms with Crippen LogP contribution in [0.4, 0.5) is 0 Å². The van der Waals surface area contributed by atoms with Crippen LogP contribution in [-0.2, 0) is 4.79 Å². The van der Waals surface area contributed by atoms with Crippen LogP contribution in [0.3, 0.4) is 0 Å². The number of nitrogens with one attached hydrogen (secondary N) is 1. The van der Waals surface area contributed by atoms with Crippen LogP contribution in [-0.4, -0.2) is 36.5 Å². The summed E-state index contributed by atoms with van der Waals surface area (Å²) >= 11 is 6.02. The highest BCUT2D eigenvalue weighted by Gasteiger charge is 2.21. The van der Waals surface area contributed by atoms with E-state index in [1.54, 1.807) is 0 Å². The molecule has 0 saturated carbocycles. The zero-order valence-corrected chi connectivity index (χ0v) is 12.6. The smallest absolute Gasteiger partial charge is 0.231 e. The van der Waals surface area contributed by atoms with Gasteiger partial charge in [0.05, 0.1) is 6.54 Å². The maximum atomic E-state index is 10.9. The summed E-state index contributed by atoms with van der Waals surface area (Å²) in [5.41, 5.74) is 6.43. The van der Waals surface area contributed by atoms with Gasteiger partial charge in [-0.1, -0.05) is 23.7 Å². The molecule has 2 rings (SSSR count). The lowest BCUT2D eigenvalue weighted by Gasteiger charge is -2.33. The molecule has 1 aliphatic heterocycles. The van der Waals surface area contributed by atoms with Crippen molar-refractivity contribution >= 4 is 17.5 Å². The average Bonchev–Trinajstić information content (AvgIpc) is 2.40. The van der Waals surface area contributed by atoms with Crippen molar-refractivity contribution in [1.82, 2.24) is 10.2 Å². The number of piperidine rings is 1. The molecule has 1 atom stereocenters. The fourth-order valence-corrected chi connectivity index (χ4v) is 2.90. The van der Waals surface area contributed by atoms with Gasteiger partial charge in [-0.25, -0.2) is 0 Å². The minimum atomic E-state index is -0.247. The Morgan fingerprint density at radius 2 is 2.20 bits per heavy atom. The number of halogens is 1. The molecule has 0 radical (unpaired) electrons. The van der Waals surface area contributed by atoms with E-state index in [4.69, 9.17) is 17.3 Å². The molecule has 0 aromatic heterocycles. The van der Waals surface area contributed by atoms with E-state index >= 15 is 0 Å². The van der Waals surface area contributed by atoms with Gasteiger partial charge in [0.25, 0.3) is 0 Å². The molecule has 1 aromatic rings. The predicted octanol–water partition coefficient (Wildman–Crippen LogP) is 1.94. The van der Waals surface area contributed by atoms with Crippen molar-refractivity contribution in [3.05, 3.63) is 34.9 Å². The lowest BCUT2D eigenvalue weighted by molar-refractivity contribution is -0.119. The molecule has 0 spiro atoms. The van der Waals surface area contributed by atoms with Crippen molar-refractivity contribution in [1.29, 1.82) is 0 Å². The van der Waals surface area contributed by atoms with Gasteiger partial charge in [0, 0.05) is 30.2 Å². The van der Waals surface area contributed by atoms with Crippen LogP contribution < -0.4 is 11.1 Å². The van der Waals surface area contributed by atoms with Crippen LogP contribution in [0.15, 0.2) is 24.3 Å². The number of hydrogen-bond donors (Lipinski definition) is 2. The molecule has 4 nitrogen and oxygen atoms in total. The molecule has 20 heavy (non-hydrogen) atoms. The van der Waals surface area contributed by atoms with Crippen LogP contribution in [0.2, 0.25) is 5.02 Å². The van der Waals surface area contributed by atoms with E-state index in [9.17, 15) is 4.79 Å². The number of primary amides is 1. The summed E-state index contributed by atoms with van der Waals surface area (Å²) in [6.45, 7) is 4.36. The molecule has 1 amide bonds. The van der Waals surface area contributed by atoms with Gasteiger partial charge >= 0.3 is 0 Å². The van der Waals surface area contributed by atoms with Crippen molar-refractivity contribution in [2.24, 2.45) is 5.73 Å². The van der Waals surface area contributed by atoms with E-state index in [2.05, 4.69) is 23.2 Å². The standard InChI is InChI=1S/C15H22ClN3O/c1-11(12-3-2-4-13(16)9-12)18-14-5-7-19(8-6-14)10-15(17)20/h2-4,9,11,14,18H,5-8,10H2,1H3,(H2,17,20). The highest BCUT2D eigenvalue weighted by Crippen LogP contribution is 2.20. The Kier molecular flexibility index (Phi) is 5.40. The Morgan fingerprint density at radius 3 is 2.80 bits per heavy atom. The van der Waals surface area contributed by atoms with Crippen LogP contribution >= 0.6 is 11.6 Å². The van der Waals surface area contributed by atoms with Gasteiger partial charge < -0.3 is 11.1 Å². The number of rotatable bonds is 5. The number of benzene rings is 1. The lowest BCUT2D eigenvalue weighted by Crippen LogP contribution is -2.45. The molecule has 1 heterocycles. The van der Waals surface area contributed by atoms with Crippen LogP contribution in [0.1, 0.15) is 31.4 Å². The third-order valence-electron chi connectivity index (χ3n) is 3.80. The van der Waals surface area contributed by atoms with Gasteiger partial charge in [-0.3, -0.25) is 9.69 Å². The van der Waals surface area contributed by atoms with Gasteiger partial charge in [0.15, 0.2) is 0 Å². The van der Waals surface area contributed by atoms with E-state index in [0.29, 0.717) is 12.6 Å². The van der Waals surface area contributed by atoms with E-state index in [-0.39, 0.29) is 11.9 Å². The largest absolute Gasteiger partial charge is 0.369 e. The first kappa shape index (κ1) is 15.3. The normalized spacial score (nSPS) is 18.9. The summed E-state index contributed by atoms with van der Waals surface area (Å²) in [4.78, 5) is 13.0. The molecule has 1 fully saturated rings. The highest BCUT2D eigenvalue weighted by molar-refractivity contribution is 6.30. The predicted molar refractivity (Wildman–Crippen MR) is 81.7 cm³/mol. The van der Waals surface area contributed by atoms with Gasteiger partial charge in [-0.2, -0.15) is 0 Å². The quantitative estimate of drug-likeness (QED) is 0.873. The monoisotopic (exact) mass is 295 g/mol. The Balaban J connectivity index is 1.82. The van der Waals surface area contributed by atoms with Crippen molar-refractivity contribution in [2.75, 3.05) is 19.6 Å². The number of likely N-dealkylation sites (tertiary alicyclic amines) is 1. The average molecular weight is 296 g/mol. The molecule has 3 N–H and O–H groups in total. The maximum absolute atomic E-state index is 10.9. The van der Waals surface area contributed by atoms with E-state index in [0.717, 1.165) is 31.0 Å². The van der Waals surface area contributed by atoms with Crippen molar-refractivity contribution in [2.45, 2.75) is 31.8 Å². The number of amides is 1. The minimum Gasteiger partial charge on any atom is -0.369 e. The number of nitrogens with two attached hydrogens (primary N) is 1. The molecule has 0 aliphatic carbocycles. The van der Waals surface area contributed by atoms with Crippen LogP contribution in [0, 0.1) is 0 Å². The Morgan fingerprint density at radius 1 is 1.50 bits per heavy atom. The molecule has 110 valence electrons. The minimum absolute atomic E-state index is 0.247. The summed E-state index contributed by atoms with van der Waals surface area (Å²) in [7, 11) is 0. The van der Waals surface area contributed by atoms with Crippen molar-refractivity contribution in [3.8, 4) is 0 Å². The fraction of sp³-hybridized carbons (Fsp3) is 0.533. The summed E-state index contributed by atoms with van der Waals surface area (Å²) in [6.07, 6.45) is 2.08. The molecule has 1 aliphatic rings. The second-order valence-corrected chi connectivity index (χ2v) is 5.90. The van der Waals surface area contributed by atoms with Crippen molar-refractivity contribution < 1.29 is 4.79 Å². The maximum Gasteiger partial charge on any atom is 0.231 e. The molecule has 0 bridgehead atoms. The Labute approximate surface area is 125 Å². The van der Waals surface area contributed by atoms with Gasteiger partial charge in [-0.15, -0.1) is 0 Å². The van der Waals surface area contributed by atoms with Gasteiger partial charge in [0.2, 0.25) is 5.91 Å². The zero-order valence-electron chi connectivity index (χ0n) is 11.8. The number of carbonyl (C=O) groups is 1. The van der Waals surface area contributed by atoms with E-state index in [1.807, 2.05) is 18.2 Å². The van der Waals surface area contributed by atoms with Crippen LogP contribution in [0.25, 0.3) is 0 Å². The summed E-state index contributed by atoms with van der Waals surface area (Å²) in [6, 6.07) is 8.72. The summed E-state index contributed by atoms with van der Waals surface area (Å²) in [5.74, 6) is -0.247. The first-order chi connectivity index (χ1) is 9.54. The summed E-state index contributed by atoms with van der Waals surface area (Å²) < 4.78 is 0. The number of carbonyl (C=O) groups excluding carboxylic acids is 1. The Bertz CT molecular complexity index is 458. The van der Waals surface area contributed by atoms with E-state index < -0.39 is 0 Å². The molecular formula is C15H22ClN3O. The molecule has 5 heteroatoms. The fourth-order valence-electron chi connectivity index (χ4n) is 2.70. The second-order valence-electron chi connectivity index (χ2n) is 5.46. The SMILES string of the molecule is CC(NC1CCN(CC(N)=O)CC1)c1cccc(Cl)c1. The topological polar surface area (TPSA) is 58.4 Å². The molecule has 1 aromatic carbocycles. The van der Waals surface area contributed by atoms with Gasteiger partial charge in [0.1, 0.15) is 0 Å². The molecular weight excluding hydrogens is 274 g/mol. The van der Waals surface area contributed by atoms with Crippen LogP contribution in [0.5, 0.6) is 0 Å². The first-order valence-electron chi connectivity index (χ1n) is 7.07. The zero-order chi connectivity index (χ0) is 14.5. The second kappa shape index (κ2) is 7.07. The highest BCUT2D eigenvalue weighted by atomic mass is 35.5. The molecule has 1 unspecified atom stereocenters.